The summed E-state index contributed by atoms with van der Waals surface area (Å²) < 4.78 is 0. The second kappa shape index (κ2) is 7.65. The lowest BCUT2D eigenvalue weighted by molar-refractivity contribution is -0.143. The van der Waals surface area contributed by atoms with Crippen molar-refractivity contribution in [2.75, 3.05) is 13.1 Å². The van der Waals surface area contributed by atoms with E-state index in [4.69, 9.17) is 10.8 Å². The normalized spacial score (nSPS) is 13.6. The Balaban J connectivity index is 2.63. The van der Waals surface area contributed by atoms with Crippen LogP contribution >= 0.6 is 0 Å². The smallest absolute Gasteiger partial charge is 0.308 e. The highest BCUT2D eigenvalue weighted by Crippen LogP contribution is 2.07. The van der Waals surface area contributed by atoms with Crippen molar-refractivity contribution in [2.45, 2.75) is 26.3 Å². The first-order valence-corrected chi connectivity index (χ1v) is 6.76. The van der Waals surface area contributed by atoms with Crippen LogP contribution in [-0.4, -0.2) is 41.0 Å². The highest BCUT2D eigenvalue weighted by Gasteiger charge is 2.23. The molecule has 0 saturated carbocycles. The molecule has 0 radical (unpaired) electrons. The molecule has 1 rings (SSSR count). The Bertz CT molecular complexity index is 448. The van der Waals surface area contributed by atoms with Gasteiger partial charge in [-0.05, 0) is 18.9 Å². The van der Waals surface area contributed by atoms with Crippen LogP contribution in [0.25, 0.3) is 0 Å². The lowest BCUT2D eigenvalue weighted by atomic mass is 10.0. The minimum Gasteiger partial charge on any atom is -0.481 e. The molecule has 1 amide bonds. The first-order valence-electron chi connectivity index (χ1n) is 6.76. The van der Waals surface area contributed by atoms with Gasteiger partial charge in [0.2, 0.25) is 5.91 Å². The third-order valence-electron chi connectivity index (χ3n) is 3.22. The van der Waals surface area contributed by atoms with E-state index in [0.717, 1.165) is 5.56 Å². The number of likely N-dealkylation sites (N-methyl/N-ethyl adjacent to an activating group) is 1. The number of benzene rings is 1. The second-order valence-electron chi connectivity index (χ2n) is 4.91. The number of carbonyl (C=O) groups is 2. The highest BCUT2D eigenvalue weighted by molar-refractivity contribution is 5.82. The molecule has 0 aliphatic carbocycles. The molecule has 0 aromatic heterocycles. The molecule has 110 valence electrons. The summed E-state index contributed by atoms with van der Waals surface area (Å²) in [6.45, 7) is 4.05. The Morgan fingerprint density at radius 3 is 2.40 bits per heavy atom. The number of hydrogen-bond donors (Lipinski definition) is 2. The van der Waals surface area contributed by atoms with Gasteiger partial charge in [0, 0.05) is 13.1 Å². The van der Waals surface area contributed by atoms with E-state index in [9.17, 15) is 9.59 Å². The number of carboxylic acids is 1. The molecule has 5 nitrogen and oxygen atoms in total. The van der Waals surface area contributed by atoms with E-state index in [1.54, 1.807) is 6.92 Å². The number of carboxylic acid groups (broad SMARTS) is 1. The average molecular weight is 278 g/mol. The summed E-state index contributed by atoms with van der Waals surface area (Å²) in [5.41, 5.74) is 6.93. The lowest BCUT2D eigenvalue weighted by Gasteiger charge is -2.26. The molecule has 1 unspecified atom stereocenters. The largest absolute Gasteiger partial charge is 0.481 e. The predicted molar refractivity (Wildman–Crippen MR) is 77.2 cm³/mol. The van der Waals surface area contributed by atoms with E-state index in [1.165, 1.54) is 4.90 Å². The zero-order valence-corrected chi connectivity index (χ0v) is 12.0. The van der Waals surface area contributed by atoms with Gasteiger partial charge in [0.25, 0.3) is 0 Å². The van der Waals surface area contributed by atoms with Crippen molar-refractivity contribution in [1.82, 2.24) is 4.90 Å². The molecule has 0 fully saturated rings. The molecule has 5 heteroatoms. The summed E-state index contributed by atoms with van der Waals surface area (Å²) in [6, 6.07) is 8.90. The summed E-state index contributed by atoms with van der Waals surface area (Å²) in [6.07, 6.45) is 0.456. The molecule has 20 heavy (non-hydrogen) atoms. The summed E-state index contributed by atoms with van der Waals surface area (Å²) in [5.74, 6) is -1.71. The van der Waals surface area contributed by atoms with Gasteiger partial charge in [-0.15, -0.1) is 0 Å². The van der Waals surface area contributed by atoms with Crippen LogP contribution in [0, 0.1) is 5.92 Å². The number of amides is 1. The van der Waals surface area contributed by atoms with E-state index in [-0.39, 0.29) is 12.5 Å². The lowest BCUT2D eigenvalue weighted by Crippen LogP contribution is -2.47. The van der Waals surface area contributed by atoms with Crippen molar-refractivity contribution in [2.24, 2.45) is 11.7 Å². The van der Waals surface area contributed by atoms with Gasteiger partial charge in [0.15, 0.2) is 0 Å². The molecular formula is C15H22N2O3. The van der Waals surface area contributed by atoms with Gasteiger partial charge in [-0.1, -0.05) is 37.3 Å². The average Bonchev–Trinajstić information content (AvgIpc) is 2.44. The van der Waals surface area contributed by atoms with Crippen molar-refractivity contribution < 1.29 is 14.7 Å². The van der Waals surface area contributed by atoms with E-state index in [2.05, 4.69) is 0 Å². The molecule has 0 aliphatic heterocycles. The molecule has 0 aliphatic rings. The summed E-state index contributed by atoms with van der Waals surface area (Å²) in [5, 5.41) is 8.91. The van der Waals surface area contributed by atoms with Crippen LogP contribution in [0.1, 0.15) is 19.4 Å². The van der Waals surface area contributed by atoms with Crippen LogP contribution in [0.3, 0.4) is 0 Å². The van der Waals surface area contributed by atoms with Gasteiger partial charge in [-0.3, -0.25) is 9.59 Å². The number of rotatable bonds is 7. The number of aliphatic carboxylic acids is 1. The number of carbonyl (C=O) groups excluding carboxylic acids is 1. The Kier molecular flexibility index (Phi) is 6.18. The maximum absolute atomic E-state index is 12.2. The topological polar surface area (TPSA) is 83.6 Å². The van der Waals surface area contributed by atoms with Gasteiger partial charge in [-0.2, -0.15) is 0 Å². The van der Waals surface area contributed by atoms with E-state index in [0.29, 0.717) is 13.0 Å². The predicted octanol–water partition coefficient (Wildman–Crippen LogP) is 1.13. The van der Waals surface area contributed by atoms with Gasteiger partial charge in [0.05, 0.1) is 12.0 Å². The molecule has 2 atom stereocenters. The van der Waals surface area contributed by atoms with Crippen LogP contribution < -0.4 is 5.73 Å². The van der Waals surface area contributed by atoms with Crippen LogP contribution in [0.4, 0.5) is 0 Å². The molecule has 0 spiro atoms. The van der Waals surface area contributed by atoms with Crippen molar-refractivity contribution >= 4 is 11.9 Å². The zero-order valence-electron chi connectivity index (χ0n) is 12.0. The Morgan fingerprint density at radius 1 is 1.30 bits per heavy atom. The standard InChI is InChI=1S/C15H22N2O3/c1-3-17(10-11(2)15(19)20)14(18)13(16)9-12-7-5-4-6-8-12/h4-8,11,13H,3,9-10,16H2,1-2H3,(H,19,20)/t11?,13-/m1/s1. The number of nitrogens with two attached hydrogens (primary N) is 1. The van der Waals surface area contributed by atoms with E-state index < -0.39 is 17.9 Å². The van der Waals surface area contributed by atoms with Crippen molar-refractivity contribution in [3.05, 3.63) is 35.9 Å². The van der Waals surface area contributed by atoms with Gasteiger partial charge in [0.1, 0.15) is 0 Å². The quantitative estimate of drug-likeness (QED) is 0.783. The van der Waals surface area contributed by atoms with E-state index >= 15 is 0 Å². The van der Waals surface area contributed by atoms with Crippen molar-refractivity contribution in [3.8, 4) is 0 Å². The molecule has 1 aromatic carbocycles. The minimum absolute atomic E-state index is 0.188. The third kappa shape index (κ3) is 4.66. The first kappa shape index (κ1) is 16.2. The SMILES string of the molecule is CCN(CC(C)C(=O)O)C(=O)[C@H](N)Cc1ccccc1. The fraction of sp³-hybridized carbons (Fsp3) is 0.467. The van der Waals surface area contributed by atoms with E-state index in [1.807, 2.05) is 37.3 Å². The molecule has 3 N–H and O–H groups in total. The molecule has 0 saturated heterocycles. The van der Waals surface area contributed by atoms with Crippen LogP contribution in [0.2, 0.25) is 0 Å². The number of hydrogen-bond acceptors (Lipinski definition) is 3. The van der Waals surface area contributed by atoms with Gasteiger partial charge < -0.3 is 15.7 Å². The monoisotopic (exact) mass is 278 g/mol. The van der Waals surface area contributed by atoms with Crippen LogP contribution in [-0.2, 0) is 16.0 Å². The summed E-state index contributed by atoms with van der Waals surface area (Å²) in [4.78, 5) is 24.6. The van der Waals surface area contributed by atoms with Gasteiger partial charge in [-0.25, -0.2) is 0 Å². The second-order valence-corrected chi connectivity index (χ2v) is 4.91. The molecule has 1 aromatic rings. The molecule has 0 bridgehead atoms. The molecular weight excluding hydrogens is 256 g/mol. The van der Waals surface area contributed by atoms with Crippen LogP contribution in [0.5, 0.6) is 0 Å². The van der Waals surface area contributed by atoms with Crippen molar-refractivity contribution in [1.29, 1.82) is 0 Å². The Morgan fingerprint density at radius 2 is 1.90 bits per heavy atom. The fourth-order valence-electron chi connectivity index (χ4n) is 1.97. The van der Waals surface area contributed by atoms with Crippen molar-refractivity contribution in [3.63, 3.8) is 0 Å². The highest BCUT2D eigenvalue weighted by atomic mass is 16.4. The Hall–Kier alpha value is -1.88. The summed E-state index contributed by atoms with van der Waals surface area (Å²) in [7, 11) is 0. The fourth-order valence-corrected chi connectivity index (χ4v) is 1.97. The Labute approximate surface area is 119 Å². The maximum Gasteiger partial charge on any atom is 0.308 e. The third-order valence-corrected chi connectivity index (χ3v) is 3.22. The number of nitrogens with zero attached hydrogens (tertiary/aromatic N) is 1. The van der Waals surface area contributed by atoms with Gasteiger partial charge >= 0.3 is 5.97 Å². The maximum atomic E-state index is 12.2. The summed E-state index contributed by atoms with van der Waals surface area (Å²) >= 11 is 0. The molecule has 0 heterocycles. The minimum atomic E-state index is -0.909. The van der Waals surface area contributed by atoms with Crippen LogP contribution in [0.15, 0.2) is 30.3 Å². The first-order chi connectivity index (χ1) is 9.45. The zero-order chi connectivity index (χ0) is 15.1.